The first-order valence-electron chi connectivity index (χ1n) is 12.9. The molecule has 15 heteroatoms. The van der Waals surface area contributed by atoms with Gasteiger partial charge in [-0.05, 0) is 36.8 Å². The summed E-state index contributed by atoms with van der Waals surface area (Å²) in [7, 11) is 1.50. The van der Waals surface area contributed by atoms with Crippen LogP contribution in [-0.4, -0.2) is 57.8 Å². The van der Waals surface area contributed by atoms with Crippen molar-refractivity contribution in [3.05, 3.63) is 87.0 Å². The molecule has 0 aliphatic carbocycles. The number of nitrogens with zero attached hydrogens (tertiary/aromatic N) is 6. The molecule has 0 saturated carbocycles. The normalized spacial score (nSPS) is 14.5. The summed E-state index contributed by atoms with van der Waals surface area (Å²) in [5, 5.41) is 11.2. The summed E-state index contributed by atoms with van der Waals surface area (Å²) < 4.78 is 58.5. The molecule has 1 atom stereocenters. The van der Waals surface area contributed by atoms with Gasteiger partial charge in [0.15, 0.2) is 5.82 Å². The van der Waals surface area contributed by atoms with Crippen molar-refractivity contribution >= 4 is 23.1 Å². The Kier molecular flexibility index (Phi) is 8.64. The monoisotopic (exact) mass is 605 g/mol. The van der Waals surface area contributed by atoms with Gasteiger partial charge >= 0.3 is 6.18 Å². The van der Waals surface area contributed by atoms with E-state index in [0.717, 1.165) is 16.7 Å². The lowest BCUT2D eigenvalue weighted by molar-refractivity contribution is -0.138. The molecule has 0 bridgehead atoms. The number of halogens is 4. The first kappa shape index (κ1) is 29.3. The number of benzene rings is 1. The van der Waals surface area contributed by atoms with E-state index >= 15 is 0 Å². The van der Waals surface area contributed by atoms with Crippen molar-refractivity contribution in [2.45, 2.75) is 38.2 Å². The molecule has 1 unspecified atom stereocenters. The predicted octanol–water partition coefficient (Wildman–Crippen LogP) is 4.37. The summed E-state index contributed by atoms with van der Waals surface area (Å²) in [5.41, 5.74) is -2.42. The van der Waals surface area contributed by atoms with Crippen LogP contribution in [0.25, 0.3) is 0 Å². The lowest BCUT2D eigenvalue weighted by atomic mass is 9.99. The molecule has 1 aromatic carbocycles. The van der Waals surface area contributed by atoms with Crippen LogP contribution in [0, 0.1) is 0 Å². The van der Waals surface area contributed by atoms with E-state index in [-0.39, 0.29) is 31.6 Å². The highest BCUT2D eigenvalue weighted by Crippen LogP contribution is 2.32. The Hall–Kier alpha value is -4.17. The Morgan fingerprint density at radius 3 is 2.60 bits per heavy atom. The number of anilines is 2. The minimum Gasteiger partial charge on any atom is -0.497 e. The second kappa shape index (κ2) is 12.4. The van der Waals surface area contributed by atoms with E-state index in [1.54, 1.807) is 43.5 Å². The van der Waals surface area contributed by atoms with E-state index in [9.17, 15) is 18.0 Å². The molecule has 1 aliphatic rings. The number of hydrogen-bond donors (Lipinski definition) is 1. The van der Waals surface area contributed by atoms with Crippen LogP contribution in [0.5, 0.6) is 5.75 Å². The molecule has 5 rings (SSSR count). The third-order valence-electron chi connectivity index (χ3n) is 6.58. The van der Waals surface area contributed by atoms with Crippen LogP contribution in [0.4, 0.5) is 24.7 Å². The number of hydrogen-bond acceptors (Lipinski definition) is 10. The van der Waals surface area contributed by atoms with E-state index in [2.05, 4.69) is 30.4 Å². The van der Waals surface area contributed by atoms with Gasteiger partial charge in [0.2, 0.25) is 0 Å². The third kappa shape index (κ3) is 6.82. The van der Waals surface area contributed by atoms with E-state index in [0.29, 0.717) is 35.2 Å². The average molecular weight is 606 g/mol. The van der Waals surface area contributed by atoms with Gasteiger partial charge in [-0.3, -0.25) is 4.79 Å². The fourth-order valence-electron chi connectivity index (χ4n) is 4.40. The summed E-state index contributed by atoms with van der Waals surface area (Å²) in [6, 6.07) is 9.62. The van der Waals surface area contributed by atoms with Crippen molar-refractivity contribution in [1.82, 2.24) is 24.9 Å². The predicted molar refractivity (Wildman–Crippen MR) is 147 cm³/mol. The summed E-state index contributed by atoms with van der Waals surface area (Å²) in [6.45, 7) is 2.81. The molecule has 0 radical (unpaired) electrons. The lowest BCUT2D eigenvalue weighted by Crippen LogP contribution is -2.45. The molecule has 3 aromatic heterocycles. The number of pyridine rings is 1. The minimum atomic E-state index is -4.90. The molecular formula is C27H27ClF3N7O4. The molecule has 1 fully saturated rings. The maximum absolute atomic E-state index is 13.9. The Balaban J connectivity index is 1.15. The fourth-order valence-corrected chi connectivity index (χ4v) is 4.51. The summed E-state index contributed by atoms with van der Waals surface area (Å²) in [5.74, 6) is 2.26. The van der Waals surface area contributed by atoms with E-state index in [4.69, 9.17) is 25.6 Å². The molecule has 222 valence electrons. The summed E-state index contributed by atoms with van der Waals surface area (Å²) in [6.07, 6.45) is -2.32. The van der Waals surface area contributed by atoms with Crippen molar-refractivity contribution in [2.75, 3.05) is 37.0 Å². The molecule has 1 saturated heterocycles. The number of methoxy groups -OCH3 is 1. The van der Waals surface area contributed by atoms with Crippen LogP contribution in [0.15, 0.2) is 58.1 Å². The highest BCUT2D eigenvalue weighted by molar-refractivity contribution is 6.30. The topological polar surface area (TPSA) is 120 Å². The van der Waals surface area contributed by atoms with Crippen molar-refractivity contribution in [1.29, 1.82) is 0 Å². The van der Waals surface area contributed by atoms with Crippen LogP contribution in [0.2, 0.25) is 5.02 Å². The Morgan fingerprint density at radius 1 is 1.17 bits per heavy atom. The molecular weight excluding hydrogens is 579 g/mol. The highest BCUT2D eigenvalue weighted by Gasteiger charge is 2.38. The van der Waals surface area contributed by atoms with Crippen LogP contribution in [-0.2, 0) is 24.1 Å². The van der Waals surface area contributed by atoms with Crippen LogP contribution < -0.4 is 20.5 Å². The largest absolute Gasteiger partial charge is 0.497 e. The van der Waals surface area contributed by atoms with Crippen molar-refractivity contribution < 1.29 is 27.2 Å². The fraction of sp³-hybridized carbons (Fsp3) is 0.370. The Bertz CT molecular complexity index is 1560. The quantitative estimate of drug-likeness (QED) is 0.264. The summed E-state index contributed by atoms with van der Waals surface area (Å²) in [4.78, 5) is 23.5. The van der Waals surface area contributed by atoms with E-state index < -0.39 is 29.0 Å². The van der Waals surface area contributed by atoms with Gasteiger partial charge in [0, 0.05) is 25.3 Å². The standard InChI is InChI=1S/C27H27ClF3N7O4/c1-16(14-41-15-23-35-25(36-42-23)18-12-37(13-18)22-8-5-19(28)9-32-22)34-21-10-33-38(26(39)24(21)27(29,30)31)11-17-3-6-20(40-2)7-4-17/h3-10,16,18,34H,11-15H2,1-2H3. The third-order valence-corrected chi connectivity index (χ3v) is 6.80. The van der Waals surface area contributed by atoms with Gasteiger partial charge in [-0.15, -0.1) is 0 Å². The zero-order chi connectivity index (χ0) is 29.9. The molecule has 1 aliphatic heterocycles. The minimum absolute atomic E-state index is 0.00336. The first-order chi connectivity index (χ1) is 20.1. The van der Waals surface area contributed by atoms with Crippen LogP contribution in [0.1, 0.15) is 35.7 Å². The van der Waals surface area contributed by atoms with Crippen molar-refractivity contribution in [3.8, 4) is 5.75 Å². The molecule has 4 aromatic rings. The maximum atomic E-state index is 13.9. The number of aromatic nitrogens is 5. The van der Waals surface area contributed by atoms with Gasteiger partial charge < -0.3 is 24.2 Å². The van der Waals surface area contributed by atoms with Gasteiger partial charge in [-0.1, -0.05) is 28.9 Å². The Labute approximate surface area is 243 Å². The van der Waals surface area contributed by atoms with Crippen molar-refractivity contribution in [2.24, 2.45) is 0 Å². The second-order valence-electron chi connectivity index (χ2n) is 9.79. The van der Waals surface area contributed by atoms with Gasteiger partial charge in [0.1, 0.15) is 23.7 Å². The lowest BCUT2D eigenvalue weighted by Gasteiger charge is -2.38. The molecule has 4 heterocycles. The van der Waals surface area contributed by atoms with Gasteiger partial charge in [0.25, 0.3) is 11.4 Å². The molecule has 1 N–H and O–H groups in total. The summed E-state index contributed by atoms with van der Waals surface area (Å²) >= 11 is 5.88. The zero-order valence-electron chi connectivity index (χ0n) is 22.6. The van der Waals surface area contributed by atoms with Gasteiger partial charge in [-0.25, -0.2) is 9.67 Å². The first-order valence-corrected chi connectivity index (χ1v) is 13.3. The Morgan fingerprint density at radius 2 is 1.93 bits per heavy atom. The number of alkyl halides is 3. The maximum Gasteiger partial charge on any atom is 0.423 e. The highest BCUT2D eigenvalue weighted by atomic mass is 35.5. The number of rotatable bonds is 11. The SMILES string of the molecule is COc1ccc(Cn2ncc(NC(C)COCc3nc(C4CN(c5ccc(Cl)cn5)C4)no3)c(C(F)(F)F)c2=O)cc1. The molecule has 0 spiro atoms. The van der Waals surface area contributed by atoms with Crippen LogP contribution >= 0.6 is 11.6 Å². The van der Waals surface area contributed by atoms with E-state index in [1.165, 1.54) is 7.11 Å². The second-order valence-corrected chi connectivity index (χ2v) is 10.2. The number of nitrogens with one attached hydrogen (secondary N) is 1. The number of ether oxygens (including phenoxy) is 2. The molecule has 0 amide bonds. The average Bonchev–Trinajstić information content (AvgIpc) is 3.38. The van der Waals surface area contributed by atoms with Gasteiger partial charge in [-0.2, -0.15) is 23.3 Å². The molecule has 11 nitrogen and oxygen atoms in total. The molecule has 42 heavy (non-hydrogen) atoms. The van der Waals surface area contributed by atoms with E-state index in [1.807, 2.05) is 6.07 Å². The van der Waals surface area contributed by atoms with Gasteiger partial charge in [0.05, 0.1) is 43.1 Å². The smallest absolute Gasteiger partial charge is 0.423 e. The van der Waals surface area contributed by atoms with Crippen molar-refractivity contribution in [3.63, 3.8) is 0 Å². The zero-order valence-corrected chi connectivity index (χ0v) is 23.4. The van der Waals surface area contributed by atoms with Crippen LogP contribution in [0.3, 0.4) is 0 Å².